The van der Waals surface area contributed by atoms with Crippen LogP contribution in [0.15, 0.2) is 61.7 Å². The molecule has 0 bridgehead atoms. The Morgan fingerprint density at radius 2 is 1.89 bits per heavy atom. The molecule has 0 atom stereocenters. The predicted molar refractivity (Wildman–Crippen MR) is 87.6 cm³/mol. The van der Waals surface area contributed by atoms with Gasteiger partial charge in [-0.05, 0) is 68.0 Å². The highest BCUT2D eigenvalue weighted by atomic mass is 127. The van der Waals surface area contributed by atoms with E-state index in [-0.39, 0.29) is 5.03 Å². The number of allylic oxidation sites excluding steroid dienone is 8. The SMILES string of the molecule is C=C(C)C(=C(/I)C(C)=C=CC)/C(F)=C(Cl)\C=C/C. The maximum Gasteiger partial charge on any atom is 0.150 e. The Morgan fingerprint density at radius 1 is 1.33 bits per heavy atom. The van der Waals surface area contributed by atoms with Crippen LogP contribution in [-0.4, -0.2) is 0 Å². The van der Waals surface area contributed by atoms with Crippen LogP contribution < -0.4 is 0 Å². The molecule has 0 saturated carbocycles. The van der Waals surface area contributed by atoms with E-state index < -0.39 is 5.83 Å². The van der Waals surface area contributed by atoms with Gasteiger partial charge in [-0.1, -0.05) is 24.3 Å². The molecule has 0 fully saturated rings. The molecule has 0 aliphatic heterocycles. The van der Waals surface area contributed by atoms with Gasteiger partial charge >= 0.3 is 0 Å². The van der Waals surface area contributed by atoms with Gasteiger partial charge in [0.1, 0.15) is 5.83 Å². The monoisotopic (exact) mass is 378 g/mol. The zero-order chi connectivity index (χ0) is 14.3. The van der Waals surface area contributed by atoms with Crippen molar-refractivity contribution in [3.63, 3.8) is 0 Å². The first-order chi connectivity index (χ1) is 8.36. The Balaban J connectivity index is 6.06. The summed E-state index contributed by atoms with van der Waals surface area (Å²) in [6, 6.07) is 0. The fourth-order valence-corrected chi connectivity index (χ4v) is 2.35. The number of rotatable bonds is 4. The number of halogens is 3. The first kappa shape index (κ1) is 17.4. The van der Waals surface area contributed by atoms with Crippen LogP contribution in [0.1, 0.15) is 27.7 Å². The molecular weight excluding hydrogens is 362 g/mol. The molecule has 0 spiro atoms. The Morgan fingerprint density at radius 3 is 2.28 bits per heavy atom. The third-order valence-corrected chi connectivity index (χ3v) is 3.72. The molecule has 0 rings (SSSR count). The quantitative estimate of drug-likeness (QED) is 0.303. The second kappa shape index (κ2) is 8.52. The largest absolute Gasteiger partial charge is 0.205 e. The molecular formula is C15H17ClFI. The van der Waals surface area contributed by atoms with E-state index >= 15 is 0 Å². The molecule has 0 aromatic rings. The topological polar surface area (TPSA) is 0 Å². The molecule has 3 heteroatoms. The fraction of sp³-hybridized carbons (Fsp3) is 0.267. The van der Waals surface area contributed by atoms with Crippen molar-refractivity contribution in [1.29, 1.82) is 0 Å². The Bertz CT molecular complexity index is 487. The minimum absolute atomic E-state index is 0.0814. The molecule has 0 aromatic carbocycles. The van der Waals surface area contributed by atoms with Gasteiger partial charge in [-0.2, -0.15) is 0 Å². The van der Waals surface area contributed by atoms with E-state index in [0.717, 1.165) is 9.15 Å². The van der Waals surface area contributed by atoms with Gasteiger partial charge in [0.15, 0.2) is 0 Å². The molecule has 0 aliphatic carbocycles. The maximum absolute atomic E-state index is 14.3. The molecule has 0 nitrogen and oxygen atoms in total. The molecule has 0 saturated heterocycles. The highest BCUT2D eigenvalue weighted by Gasteiger charge is 2.15. The van der Waals surface area contributed by atoms with Gasteiger partial charge in [0, 0.05) is 14.7 Å². The van der Waals surface area contributed by atoms with Gasteiger partial charge in [0.25, 0.3) is 0 Å². The highest BCUT2D eigenvalue weighted by molar-refractivity contribution is 14.1. The van der Waals surface area contributed by atoms with Crippen LogP contribution in [0.5, 0.6) is 0 Å². The van der Waals surface area contributed by atoms with Crippen LogP contribution in [0.2, 0.25) is 0 Å². The van der Waals surface area contributed by atoms with Crippen LogP contribution in [0, 0.1) is 0 Å². The average molecular weight is 379 g/mol. The van der Waals surface area contributed by atoms with Crippen LogP contribution in [0.25, 0.3) is 0 Å². The van der Waals surface area contributed by atoms with Gasteiger partial charge in [0.2, 0.25) is 0 Å². The van der Waals surface area contributed by atoms with E-state index in [1.165, 1.54) is 6.08 Å². The summed E-state index contributed by atoms with van der Waals surface area (Å²) < 4.78 is 15.0. The molecule has 0 unspecified atom stereocenters. The first-order valence-corrected chi connectivity index (χ1v) is 6.94. The summed E-state index contributed by atoms with van der Waals surface area (Å²) in [7, 11) is 0. The van der Waals surface area contributed by atoms with E-state index in [2.05, 4.69) is 34.9 Å². The van der Waals surface area contributed by atoms with Gasteiger partial charge < -0.3 is 0 Å². The number of hydrogen-bond acceptors (Lipinski definition) is 0. The fourth-order valence-electron chi connectivity index (χ4n) is 1.28. The summed E-state index contributed by atoms with van der Waals surface area (Å²) in [5.74, 6) is -0.455. The van der Waals surface area contributed by atoms with Crippen LogP contribution in [0.4, 0.5) is 4.39 Å². The maximum atomic E-state index is 14.3. The summed E-state index contributed by atoms with van der Waals surface area (Å²) in [5, 5.41) is 0.0814. The van der Waals surface area contributed by atoms with E-state index in [4.69, 9.17) is 11.6 Å². The molecule has 0 N–H and O–H groups in total. The van der Waals surface area contributed by atoms with Gasteiger partial charge in [0.05, 0.1) is 5.03 Å². The average Bonchev–Trinajstić information content (AvgIpc) is 2.29. The normalized spacial score (nSPS) is 13.7. The lowest BCUT2D eigenvalue weighted by Gasteiger charge is -2.09. The lowest BCUT2D eigenvalue weighted by atomic mass is 10.0. The summed E-state index contributed by atoms with van der Waals surface area (Å²) in [5.41, 5.74) is 4.97. The highest BCUT2D eigenvalue weighted by Crippen LogP contribution is 2.34. The lowest BCUT2D eigenvalue weighted by Crippen LogP contribution is -1.92. The molecule has 98 valence electrons. The molecule has 0 radical (unpaired) electrons. The van der Waals surface area contributed by atoms with Gasteiger partial charge in [-0.3, -0.25) is 0 Å². The van der Waals surface area contributed by atoms with Crippen LogP contribution in [-0.2, 0) is 0 Å². The van der Waals surface area contributed by atoms with E-state index in [9.17, 15) is 4.39 Å². The summed E-state index contributed by atoms with van der Waals surface area (Å²) >= 11 is 7.99. The van der Waals surface area contributed by atoms with Gasteiger partial charge in [-0.15, -0.1) is 5.73 Å². The Kier molecular flexibility index (Phi) is 8.25. The summed E-state index contributed by atoms with van der Waals surface area (Å²) in [6.45, 7) is 11.1. The standard InChI is InChI=1S/C15H17ClFI/c1-6-8-11(5)15(18)13(10(3)4)14(17)12(16)9-7-2/h6-7,9H,3H2,1-2,4-5H3/b9-7-,14-12-,15-13-. The van der Waals surface area contributed by atoms with Gasteiger partial charge in [-0.25, -0.2) is 4.39 Å². The van der Waals surface area contributed by atoms with Crippen molar-refractivity contribution in [3.8, 4) is 0 Å². The third-order valence-electron chi connectivity index (χ3n) is 2.08. The Hall–Kier alpha value is -0.570. The first-order valence-electron chi connectivity index (χ1n) is 5.49. The predicted octanol–water partition coefficient (Wildman–Crippen LogP) is 6.37. The van der Waals surface area contributed by atoms with Crippen LogP contribution >= 0.6 is 34.2 Å². The second-order valence-corrected chi connectivity index (χ2v) is 5.18. The lowest BCUT2D eigenvalue weighted by molar-refractivity contribution is 0.651. The van der Waals surface area contributed by atoms with Crippen molar-refractivity contribution >= 4 is 34.2 Å². The smallest absolute Gasteiger partial charge is 0.150 e. The zero-order valence-corrected chi connectivity index (χ0v) is 14.0. The van der Waals surface area contributed by atoms with Crippen molar-refractivity contribution in [1.82, 2.24) is 0 Å². The van der Waals surface area contributed by atoms with Crippen molar-refractivity contribution in [3.05, 3.63) is 61.7 Å². The number of hydrogen-bond donors (Lipinski definition) is 0. The van der Waals surface area contributed by atoms with Crippen LogP contribution in [0.3, 0.4) is 0 Å². The molecule has 18 heavy (non-hydrogen) atoms. The summed E-state index contributed by atoms with van der Waals surface area (Å²) in [4.78, 5) is 0. The zero-order valence-electron chi connectivity index (χ0n) is 11.1. The molecule has 0 aliphatic rings. The second-order valence-electron chi connectivity index (χ2n) is 3.69. The van der Waals surface area contributed by atoms with Crippen molar-refractivity contribution in [2.45, 2.75) is 27.7 Å². The Labute approximate surface area is 127 Å². The van der Waals surface area contributed by atoms with Crippen molar-refractivity contribution in [2.75, 3.05) is 0 Å². The minimum Gasteiger partial charge on any atom is -0.205 e. The summed E-state index contributed by atoms with van der Waals surface area (Å²) in [6.07, 6.45) is 5.01. The van der Waals surface area contributed by atoms with Crippen molar-refractivity contribution < 1.29 is 4.39 Å². The van der Waals surface area contributed by atoms with Crippen molar-refractivity contribution in [2.24, 2.45) is 0 Å². The third kappa shape index (κ3) is 4.97. The molecule has 0 heterocycles. The van der Waals surface area contributed by atoms with E-state index in [0.29, 0.717) is 11.1 Å². The van der Waals surface area contributed by atoms with E-state index in [1.54, 1.807) is 26.0 Å². The molecule has 0 aromatic heterocycles. The molecule has 0 amide bonds. The van der Waals surface area contributed by atoms with E-state index in [1.807, 2.05) is 13.8 Å². The minimum atomic E-state index is -0.455.